The van der Waals surface area contributed by atoms with Crippen LogP contribution in [0.3, 0.4) is 0 Å². The molecule has 0 radical (unpaired) electrons. The lowest BCUT2D eigenvalue weighted by Crippen LogP contribution is -2.33. The molecule has 0 fully saturated rings. The fourth-order valence-corrected chi connectivity index (χ4v) is 2.44. The standard InChI is InChI=1S/C13H21NS/c1-5-14-11(3)12(4)15-13-8-6-10(2)7-9-13/h6-9,11-12,14H,5H2,1-4H3. The first-order valence-electron chi connectivity index (χ1n) is 5.60. The zero-order valence-corrected chi connectivity index (χ0v) is 10.9. The average molecular weight is 223 g/mol. The third-order valence-electron chi connectivity index (χ3n) is 2.57. The van der Waals surface area contributed by atoms with E-state index in [0.29, 0.717) is 11.3 Å². The maximum Gasteiger partial charge on any atom is 0.0217 e. The quantitative estimate of drug-likeness (QED) is 0.767. The van der Waals surface area contributed by atoms with Crippen LogP contribution >= 0.6 is 11.8 Å². The van der Waals surface area contributed by atoms with Crippen LogP contribution in [-0.4, -0.2) is 17.8 Å². The highest BCUT2D eigenvalue weighted by Crippen LogP contribution is 2.25. The predicted octanol–water partition coefficient (Wildman–Crippen LogP) is 3.47. The molecule has 0 bridgehead atoms. The lowest BCUT2D eigenvalue weighted by atomic mass is 10.2. The van der Waals surface area contributed by atoms with Crippen LogP contribution in [0.1, 0.15) is 26.3 Å². The fraction of sp³-hybridized carbons (Fsp3) is 0.538. The third-order valence-corrected chi connectivity index (χ3v) is 3.90. The Hall–Kier alpha value is -0.470. The zero-order valence-electron chi connectivity index (χ0n) is 10.1. The zero-order chi connectivity index (χ0) is 11.3. The number of hydrogen-bond acceptors (Lipinski definition) is 2. The van der Waals surface area contributed by atoms with Crippen molar-refractivity contribution in [3.63, 3.8) is 0 Å². The first-order chi connectivity index (χ1) is 7.13. The Morgan fingerprint density at radius 3 is 2.33 bits per heavy atom. The molecular formula is C13H21NS. The van der Waals surface area contributed by atoms with Gasteiger partial charge in [-0.15, -0.1) is 11.8 Å². The summed E-state index contributed by atoms with van der Waals surface area (Å²) in [6, 6.07) is 9.31. The number of rotatable bonds is 5. The SMILES string of the molecule is CCNC(C)C(C)Sc1ccc(C)cc1. The summed E-state index contributed by atoms with van der Waals surface area (Å²) in [6.45, 7) is 9.84. The van der Waals surface area contributed by atoms with Crippen LogP contribution in [0.2, 0.25) is 0 Å². The summed E-state index contributed by atoms with van der Waals surface area (Å²) >= 11 is 1.94. The van der Waals surface area contributed by atoms with Crippen LogP contribution in [0, 0.1) is 6.92 Å². The molecule has 2 atom stereocenters. The van der Waals surface area contributed by atoms with Gasteiger partial charge in [-0.1, -0.05) is 31.5 Å². The van der Waals surface area contributed by atoms with Crippen molar-refractivity contribution < 1.29 is 0 Å². The Balaban J connectivity index is 2.50. The van der Waals surface area contributed by atoms with E-state index < -0.39 is 0 Å². The van der Waals surface area contributed by atoms with Gasteiger partial charge in [-0.25, -0.2) is 0 Å². The minimum atomic E-state index is 0.557. The Kier molecular flexibility index (Phi) is 5.20. The molecule has 0 heterocycles. The number of thioether (sulfide) groups is 1. The van der Waals surface area contributed by atoms with Gasteiger partial charge < -0.3 is 5.32 Å². The van der Waals surface area contributed by atoms with Crippen LogP contribution in [0.15, 0.2) is 29.2 Å². The van der Waals surface area contributed by atoms with Crippen molar-refractivity contribution in [1.29, 1.82) is 0 Å². The van der Waals surface area contributed by atoms with E-state index in [-0.39, 0.29) is 0 Å². The van der Waals surface area contributed by atoms with Crippen molar-refractivity contribution in [1.82, 2.24) is 5.32 Å². The molecule has 1 N–H and O–H groups in total. The summed E-state index contributed by atoms with van der Waals surface area (Å²) in [7, 11) is 0. The summed E-state index contributed by atoms with van der Waals surface area (Å²) in [4.78, 5) is 1.36. The molecule has 1 nitrogen and oxygen atoms in total. The van der Waals surface area contributed by atoms with Gasteiger partial charge >= 0.3 is 0 Å². The molecular weight excluding hydrogens is 202 g/mol. The van der Waals surface area contributed by atoms with Crippen LogP contribution in [0.25, 0.3) is 0 Å². The molecule has 0 saturated carbocycles. The second kappa shape index (κ2) is 6.19. The number of aryl methyl sites for hydroxylation is 1. The van der Waals surface area contributed by atoms with Gasteiger partial charge in [-0.3, -0.25) is 0 Å². The van der Waals surface area contributed by atoms with Crippen LogP contribution < -0.4 is 5.32 Å². The van der Waals surface area contributed by atoms with Crippen molar-refractivity contribution in [2.45, 2.75) is 43.9 Å². The van der Waals surface area contributed by atoms with E-state index in [1.807, 2.05) is 11.8 Å². The highest BCUT2D eigenvalue weighted by atomic mass is 32.2. The molecule has 0 aliphatic carbocycles. The van der Waals surface area contributed by atoms with Crippen molar-refractivity contribution in [3.05, 3.63) is 29.8 Å². The Morgan fingerprint density at radius 2 is 1.80 bits per heavy atom. The van der Waals surface area contributed by atoms with Crippen LogP contribution in [0.5, 0.6) is 0 Å². The van der Waals surface area contributed by atoms with Gasteiger partial charge in [0.1, 0.15) is 0 Å². The Morgan fingerprint density at radius 1 is 1.20 bits per heavy atom. The first-order valence-corrected chi connectivity index (χ1v) is 6.48. The third kappa shape index (κ3) is 4.27. The second-order valence-electron chi connectivity index (χ2n) is 3.98. The molecule has 0 aliphatic heterocycles. The predicted molar refractivity (Wildman–Crippen MR) is 69.6 cm³/mol. The largest absolute Gasteiger partial charge is 0.313 e. The van der Waals surface area contributed by atoms with E-state index in [1.54, 1.807) is 0 Å². The van der Waals surface area contributed by atoms with Gasteiger partial charge in [0, 0.05) is 16.2 Å². The summed E-state index contributed by atoms with van der Waals surface area (Å²) in [5.41, 5.74) is 1.33. The molecule has 0 amide bonds. The molecule has 1 aromatic carbocycles. The summed E-state index contributed by atoms with van der Waals surface area (Å²) < 4.78 is 0. The van der Waals surface area contributed by atoms with E-state index in [4.69, 9.17) is 0 Å². The minimum Gasteiger partial charge on any atom is -0.313 e. The maximum absolute atomic E-state index is 3.46. The molecule has 0 spiro atoms. The fourth-order valence-electron chi connectivity index (χ4n) is 1.42. The Labute approximate surface area is 97.7 Å². The Bertz CT molecular complexity index is 281. The van der Waals surface area contributed by atoms with E-state index in [9.17, 15) is 0 Å². The second-order valence-corrected chi connectivity index (χ2v) is 5.43. The monoisotopic (exact) mass is 223 g/mol. The molecule has 84 valence electrons. The molecule has 2 heteroatoms. The lowest BCUT2D eigenvalue weighted by Gasteiger charge is -2.20. The topological polar surface area (TPSA) is 12.0 Å². The summed E-state index contributed by atoms with van der Waals surface area (Å²) in [6.07, 6.45) is 0. The highest BCUT2D eigenvalue weighted by Gasteiger charge is 2.11. The van der Waals surface area contributed by atoms with E-state index in [1.165, 1.54) is 10.5 Å². The number of nitrogens with one attached hydrogen (secondary N) is 1. The van der Waals surface area contributed by atoms with Gasteiger partial charge in [-0.2, -0.15) is 0 Å². The lowest BCUT2D eigenvalue weighted by molar-refractivity contribution is 0.563. The van der Waals surface area contributed by atoms with Crippen molar-refractivity contribution in [2.24, 2.45) is 0 Å². The summed E-state index contributed by atoms with van der Waals surface area (Å²) in [5, 5.41) is 4.06. The van der Waals surface area contributed by atoms with Crippen molar-refractivity contribution >= 4 is 11.8 Å². The van der Waals surface area contributed by atoms with E-state index >= 15 is 0 Å². The highest BCUT2D eigenvalue weighted by molar-refractivity contribution is 8.00. The van der Waals surface area contributed by atoms with E-state index in [2.05, 4.69) is 57.3 Å². The number of benzene rings is 1. The molecule has 15 heavy (non-hydrogen) atoms. The smallest absolute Gasteiger partial charge is 0.0217 e. The first kappa shape index (κ1) is 12.6. The number of hydrogen-bond donors (Lipinski definition) is 1. The van der Waals surface area contributed by atoms with Gasteiger partial charge in [0.2, 0.25) is 0 Å². The van der Waals surface area contributed by atoms with Gasteiger partial charge in [0.15, 0.2) is 0 Å². The molecule has 1 aromatic rings. The molecule has 1 rings (SSSR count). The van der Waals surface area contributed by atoms with Crippen LogP contribution in [-0.2, 0) is 0 Å². The van der Waals surface area contributed by atoms with Crippen molar-refractivity contribution in [2.75, 3.05) is 6.54 Å². The normalized spacial score (nSPS) is 14.9. The maximum atomic E-state index is 3.46. The van der Waals surface area contributed by atoms with Crippen LogP contribution in [0.4, 0.5) is 0 Å². The average Bonchev–Trinajstić information content (AvgIpc) is 2.22. The molecule has 0 aromatic heterocycles. The molecule has 0 aliphatic rings. The van der Waals surface area contributed by atoms with Crippen molar-refractivity contribution in [3.8, 4) is 0 Å². The molecule has 0 saturated heterocycles. The minimum absolute atomic E-state index is 0.557. The molecule has 2 unspecified atom stereocenters. The van der Waals surface area contributed by atoms with Gasteiger partial charge in [0.05, 0.1) is 0 Å². The van der Waals surface area contributed by atoms with E-state index in [0.717, 1.165) is 6.54 Å². The summed E-state index contributed by atoms with van der Waals surface area (Å²) in [5.74, 6) is 0. The van der Waals surface area contributed by atoms with Gasteiger partial charge in [0.25, 0.3) is 0 Å². The van der Waals surface area contributed by atoms with Gasteiger partial charge in [-0.05, 0) is 32.5 Å².